The molecule has 21 heavy (non-hydrogen) atoms. The zero-order valence-electron chi connectivity index (χ0n) is 10.7. The molecule has 104 valence electrons. The fourth-order valence-corrected chi connectivity index (χ4v) is 2.58. The minimum absolute atomic E-state index is 0.0776. The molecule has 0 spiro atoms. The van der Waals surface area contributed by atoms with Gasteiger partial charge in [0.1, 0.15) is 5.03 Å². The second kappa shape index (κ2) is 5.35. The van der Waals surface area contributed by atoms with Gasteiger partial charge in [-0.3, -0.25) is 9.59 Å². The summed E-state index contributed by atoms with van der Waals surface area (Å²) < 4.78 is 0. The molecule has 0 saturated carbocycles. The van der Waals surface area contributed by atoms with Crippen molar-refractivity contribution in [1.29, 1.82) is 0 Å². The largest absolute Gasteiger partial charge is 0.277 e. The summed E-state index contributed by atoms with van der Waals surface area (Å²) in [5, 5.41) is 0.471. The Hall–Kier alpha value is -2.10. The third kappa shape index (κ3) is 2.35. The number of carbonyl (C=O) groups excluding carboxylic acids is 2. The number of hydrogen-bond acceptors (Lipinski definition) is 2. The van der Waals surface area contributed by atoms with Crippen molar-refractivity contribution in [3.05, 3.63) is 70.2 Å². The highest BCUT2D eigenvalue weighted by atomic mass is 35.5. The van der Waals surface area contributed by atoms with Gasteiger partial charge in [0.2, 0.25) is 0 Å². The van der Waals surface area contributed by atoms with Gasteiger partial charge in [0, 0.05) is 5.02 Å². The van der Waals surface area contributed by atoms with Crippen molar-refractivity contribution >= 4 is 46.3 Å². The first kappa shape index (κ1) is 13.9. The summed E-state index contributed by atoms with van der Waals surface area (Å²) in [6, 6.07) is 15.3. The first-order chi connectivity index (χ1) is 10.1. The van der Waals surface area contributed by atoms with E-state index in [2.05, 4.69) is 0 Å². The zero-order chi connectivity index (χ0) is 15.0. The predicted octanol–water partition coefficient (Wildman–Crippen LogP) is 3.86. The van der Waals surface area contributed by atoms with E-state index in [0.717, 1.165) is 4.90 Å². The molecule has 0 atom stereocenters. The molecule has 3 rings (SSSR count). The Labute approximate surface area is 131 Å². The van der Waals surface area contributed by atoms with Gasteiger partial charge < -0.3 is 0 Å². The summed E-state index contributed by atoms with van der Waals surface area (Å²) in [5.41, 5.74) is 1.26. The molecule has 0 radical (unpaired) electrons. The van der Waals surface area contributed by atoms with Crippen LogP contribution in [0.1, 0.15) is 5.56 Å². The molecule has 0 fully saturated rings. The van der Waals surface area contributed by atoms with E-state index in [1.807, 2.05) is 6.07 Å². The van der Waals surface area contributed by atoms with E-state index in [0.29, 0.717) is 16.3 Å². The molecular formula is C16H9Cl2NO2. The van der Waals surface area contributed by atoms with Crippen molar-refractivity contribution in [2.45, 2.75) is 0 Å². The minimum Gasteiger partial charge on any atom is -0.268 e. The molecule has 1 aliphatic rings. The third-order valence-corrected chi connectivity index (χ3v) is 3.78. The molecule has 1 aliphatic heterocycles. The van der Waals surface area contributed by atoms with E-state index in [4.69, 9.17) is 23.2 Å². The number of halogens is 2. The maximum atomic E-state index is 12.5. The summed E-state index contributed by atoms with van der Waals surface area (Å²) in [4.78, 5) is 25.9. The number of anilines is 1. The lowest BCUT2D eigenvalue weighted by Gasteiger charge is -2.14. The molecule has 0 N–H and O–H groups in total. The van der Waals surface area contributed by atoms with Crippen LogP contribution in [0.3, 0.4) is 0 Å². The number of carbonyl (C=O) groups is 2. The van der Waals surface area contributed by atoms with Crippen LogP contribution in [0.2, 0.25) is 5.02 Å². The lowest BCUT2D eigenvalue weighted by Crippen LogP contribution is -2.31. The fraction of sp³-hybridized carbons (Fsp3) is 0. The second-order valence-electron chi connectivity index (χ2n) is 4.48. The van der Waals surface area contributed by atoms with Gasteiger partial charge in [-0.15, -0.1) is 0 Å². The Morgan fingerprint density at radius 3 is 2.00 bits per heavy atom. The zero-order valence-corrected chi connectivity index (χ0v) is 12.2. The predicted molar refractivity (Wildman–Crippen MR) is 83.2 cm³/mol. The van der Waals surface area contributed by atoms with E-state index >= 15 is 0 Å². The first-order valence-corrected chi connectivity index (χ1v) is 6.95. The lowest BCUT2D eigenvalue weighted by molar-refractivity contribution is -0.119. The van der Waals surface area contributed by atoms with Crippen LogP contribution >= 0.6 is 23.2 Å². The van der Waals surface area contributed by atoms with E-state index in [-0.39, 0.29) is 10.6 Å². The maximum absolute atomic E-state index is 12.5. The molecule has 2 amide bonds. The smallest absolute Gasteiger partial charge is 0.268 e. The number of para-hydroxylation sites is 1. The number of amides is 2. The van der Waals surface area contributed by atoms with Crippen LogP contribution in [0.4, 0.5) is 5.69 Å². The van der Waals surface area contributed by atoms with Gasteiger partial charge in [0.05, 0.1) is 11.3 Å². The highest BCUT2D eigenvalue weighted by molar-refractivity contribution is 6.60. The molecule has 3 nitrogen and oxygen atoms in total. The Morgan fingerprint density at radius 1 is 0.762 bits per heavy atom. The summed E-state index contributed by atoms with van der Waals surface area (Å²) in [6.45, 7) is 0. The molecule has 1 heterocycles. The summed E-state index contributed by atoms with van der Waals surface area (Å²) in [5.74, 6) is -0.948. The molecule has 2 aromatic carbocycles. The molecule has 0 aliphatic carbocycles. The van der Waals surface area contributed by atoms with Gasteiger partial charge in [-0.2, -0.15) is 0 Å². The Balaban J connectivity index is 2.05. The topological polar surface area (TPSA) is 37.4 Å². The molecule has 0 aromatic heterocycles. The van der Waals surface area contributed by atoms with Crippen LogP contribution in [0, 0.1) is 0 Å². The van der Waals surface area contributed by atoms with Gasteiger partial charge in [0.25, 0.3) is 11.8 Å². The van der Waals surface area contributed by atoms with E-state index in [1.165, 1.54) is 0 Å². The number of imide groups is 1. The quantitative estimate of drug-likeness (QED) is 0.789. The average molecular weight is 318 g/mol. The van der Waals surface area contributed by atoms with Gasteiger partial charge in [-0.05, 0) is 29.8 Å². The molecule has 0 saturated heterocycles. The molecule has 0 bridgehead atoms. The molecular weight excluding hydrogens is 309 g/mol. The number of nitrogens with zero attached hydrogens (tertiary/aromatic N) is 1. The summed E-state index contributed by atoms with van der Waals surface area (Å²) in [7, 11) is 0. The third-order valence-electron chi connectivity index (χ3n) is 3.17. The van der Waals surface area contributed by atoms with Crippen LogP contribution in [0.5, 0.6) is 0 Å². The minimum atomic E-state index is -0.516. The molecule has 0 unspecified atom stereocenters. The van der Waals surface area contributed by atoms with Crippen LogP contribution in [-0.2, 0) is 9.59 Å². The van der Waals surface area contributed by atoms with Crippen molar-refractivity contribution in [1.82, 2.24) is 0 Å². The highest BCUT2D eigenvalue weighted by Gasteiger charge is 2.39. The van der Waals surface area contributed by atoms with Crippen LogP contribution in [0.25, 0.3) is 5.57 Å². The standard InChI is InChI=1S/C16H9Cl2NO2/c17-11-8-6-10(7-9-11)13-14(18)16(21)19(15(13)20)12-4-2-1-3-5-12/h1-9H. The average Bonchev–Trinajstić information content (AvgIpc) is 2.72. The number of rotatable bonds is 2. The van der Waals surface area contributed by atoms with Crippen molar-refractivity contribution in [2.24, 2.45) is 0 Å². The normalized spacial score (nSPS) is 15.0. The van der Waals surface area contributed by atoms with E-state index in [9.17, 15) is 9.59 Å². The Kier molecular flexibility index (Phi) is 3.53. The second-order valence-corrected chi connectivity index (χ2v) is 5.29. The van der Waals surface area contributed by atoms with Gasteiger partial charge in [0.15, 0.2) is 0 Å². The monoisotopic (exact) mass is 317 g/mol. The summed E-state index contributed by atoms with van der Waals surface area (Å²) >= 11 is 11.9. The Morgan fingerprint density at radius 2 is 1.38 bits per heavy atom. The maximum Gasteiger partial charge on any atom is 0.277 e. The molecule has 2 aromatic rings. The van der Waals surface area contributed by atoms with Crippen molar-refractivity contribution in [3.8, 4) is 0 Å². The van der Waals surface area contributed by atoms with Gasteiger partial charge in [-0.1, -0.05) is 53.5 Å². The van der Waals surface area contributed by atoms with E-state index in [1.54, 1.807) is 48.5 Å². The van der Waals surface area contributed by atoms with Crippen molar-refractivity contribution < 1.29 is 9.59 Å². The van der Waals surface area contributed by atoms with Crippen LogP contribution in [-0.4, -0.2) is 11.8 Å². The Bertz CT molecular complexity index is 752. The first-order valence-electron chi connectivity index (χ1n) is 6.19. The van der Waals surface area contributed by atoms with Crippen LogP contribution < -0.4 is 4.90 Å². The van der Waals surface area contributed by atoms with Crippen molar-refractivity contribution in [2.75, 3.05) is 4.90 Å². The lowest BCUT2D eigenvalue weighted by atomic mass is 10.1. The van der Waals surface area contributed by atoms with E-state index < -0.39 is 11.8 Å². The fourth-order valence-electron chi connectivity index (χ4n) is 2.18. The number of hydrogen-bond donors (Lipinski definition) is 0. The SMILES string of the molecule is O=C1C(Cl)=C(c2ccc(Cl)cc2)C(=O)N1c1ccccc1. The number of benzene rings is 2. The van der Waals surface area contributed by atoms with Crippen LogP contribution in [0.15, 0.2) is 59.6 Å². The van der Waals surface area contributed by atoms with Gasteiger partial charge >= 0.3 is 0 Å². The summed E-state index contributed by atoms with van der Waals surface area (Å²) in [6.07, 6.45) is 0. The molecule has 5 heteroatoms. The van der Waals surface area contributed by atoms with Gasteiger partial charge in [-0.25, -0.2) is 4.90 Å². The highest BCUT2D eigenvalue weighted by Crippen LogP contribution is 2.34. The van der Waals surface area contributed by atoms with Crippen molar-refractivity contribution in [3.63, 3.8) is 0 Å².